The SMILES string of the molecule is CC(C)Cc1nnc(NC(=O)[C@@H]2CS[C@@]3(C)CCC(=O)N23)s1. The lowest BCUT2D eigenvalue weighted by atomic mass is 10.1. The van der Waals surface area contributed by atoms with Gasteiger partial charge in [0.1, 0.15) is 11.0 Å². The fraction of sp³-hybridized carbons (Fsp3) is 0.714. The van der Waals surface area contributed by atoms with Crippen LogP contribution >= 0.6 is 23.1 Å². The van der Waals surface area contributed by atoms with Crippen molar-refractivity contribution in [1.82, 2.24) is 15.1 Å². The third kappa shape index (κ3) is 2.86. The van der Waals surface area contributed by atoms with Crippen LogP contribution in [0.25, 0.3) is 0 Å². The minimum absolute atomic E-state index is 0.0745. The summed E-state index contributed by atoms with van der Waals surface area (Å²) in [4.78, 5) is 26.1. The number of carbonyl (C=O) groups excluding carboxylic acids is 2. The second kappa shape index (κ2) is 5.81. The minimum atomic E-state index is -0.401. The molecule has 1 N–H and O–H groups in total. The van der Waals surface area contributed by atoms with Gasteiger partial charge in [-0.15, -0.1) is 22.0 Å². The highest BCUT2D eigenvalue weighted by Crippen LogP contribution is 2.47. The van der Waals surface area contributed by atoms with Crippen molar-refractivity contribution in [2.45, 2.75) is 50.9 Å². The van der Waals surface area contributed by atoms with Gasteiger partial charge < -0.3 is 4.90 Å². The first-order valence-corrected chi connectivity index (χ1v) is 9.28. The van der Waals surface area contributed by atoms with Crippen molar-refractivity contribution >= 4 is 40.0 Å². The van der Waals surface area contributed by atoms with Gasteiger partial charge in [-0.2, -0.15) is 0 Å². The summed E-state index contributed by atoms with van der Waals surface area (Å²) in [5, 5.41) is 12.4. The number of nitrogens with zero attached hydrogens (tertiary/aromatic N) is 3. The van der Waals surface area contributed by atoms with Crippen molar-refractivity contribution in [2.24, 2.45) is 5.92 Å². The number of anilines is 1. The highest BCUT2D eigenvalue weighted by Gasteiger charge is 2.52. The summed E-state index contributed by atoms with van der Waals surface area (Å²) in [6.07, 6.45) is 2.21. The molecule has 2 amide bonds. The Labute approximate surface area is 138 Å². The first kappa shape index (κ1) is 15.7. The zero-order chi connectivity index (χ0) is 15.9. The predicted molar refractivity (Wildman–Crippen MR) is 87.8 cm³/mol. The lowest BCUT2D eigenvalue weighted by Crippen LogP contribution is -2.48. The molecule has 1 aromatic heterocycles. The summed E-state index contributed by atoms with van der Waals surface area (Å²) in [6.45, 7) is 6.28. The number of amides is 2. The summed E-state index contributed by atoms with van der Waals surface area (Å²) in [6, 6.07) is -0.401. The fourth-order valence-electron chi connectivity index (χ4n) is 2.94. The molecule has 2 atom stereocenters. The average Bonchev–Trinajstić information content (AvgIpc) is 3.07. The van der Waals surface area contributed by atoms with Gasteiger partial charge in [-0.3, -0.25) is 14.9 Å². The first-order valence-electron chi connectivity index (χ1n) is 7.48. The van der Waals surface area contributed by atoms with E-state index in [0.717, 1.165) is 17.8 Å². The zero-order valence-electron chi connectivity index (χ0n) is 13.0. The number of hydrogen-bond acceptors (Lipinski definition) is 6. The summed E-state index contributed by atoms with van der Waals surface area (Å²) >= 11 is 3.10. The van der Waals surface area contributed by atoms with E-state index in [-0.39, 0.29) is 16.7 Å². The van der Waals surface area contributed by atoms with E-state index in [2.05, 4.69) is 29.4 Å². The Morgan fingerprint density at radius 2 is 2.27 bits per heavy atom. The maximum Gasteiger partial charge on any atom is 0.249 e. The predicted octanol–water partition coefficient (Wildman–Crippen LogP) is 2.13. The van der Waals surface area contributed by atoms with Gasteiger partial charge in [-0.1, -0.05) is 25.2 Å². The van der Waals surface area contributed by atoms with Crippen molar-refractivity contribution in [2.75, 3.05) is 11.1 Å². The molecule has 3 rings (SSSR count). The smallest absolute Gasteiger partial charge is 0.249 e. The van der Waals surface area contributed by atoms with Crippen LogP contribution in [-0.4, -0.2) is 43.6 Å². The molecule has 0 bridgehead atoms. The molecule has 6 nitrogen and oxygen atoms in total. The second-order valence-electron chi connectivity index (χ2n) is 6.35. The largest absolute Gasteiger partial charge is 0.315 e. The van der Waals surface area contributed by atoms with Gasteiger partial charge in [0.25, 0.3) is 0 Å². The normalized spacial score (nSPS) is 27.5. The molecule has 2 fully saturated rings. The summed E-state index contributed by atoms with van der Waals surface area (Å²) in [5.41, 5.74) is 0. The summed E-state index contributed by atoms with van der Waals surface area (Å²) < 4.78 is 0. The van der Waals surface area contributed by atoms with Gasteiger partial charge in [0.15, 0.2) is 0 Å². The van der Waals surface area contributed by atoms with E-state index in [1.807, 2.05) is 6.92 Å². The monoisotopic (exact) mass is 340 g/mol. The van der Waals surface area contributed by atoms with Crippen LogP contribution in [0.15, 0.2) is 0 Å². The Kier molecular flexibility index (Phi) is 4.15. The lowest BCUT2D eigenvalue weighted by Gasteiger charge is -2.29. The molecule has 3 heterocycles. The highest BCUT2D eigenvalue weighted by atomic mass is 32.2. The van der Waals surface area contributed by atoms with Crippen LogP contribution in [0, 0.1) is 5.92 Å². The van der Waals surface area contributed by atoms with Crippen LogP contribution < -0.4 is 5.32 Å². The second-order valence-corrected chi connectivity index (χ2v) is 8.92. The minimum Gasteiger partial charge on any atom is -0.315 e. The molecule has 0 unspecified atom stereocenters. The standard InChI is InChI=1S/C14H20N4O2S2/c1-8(2)6-10-16-17-13(22-10)15-12(20)9-7-21-14(3)5-4-11(19)18(9)14/h8-9H,4-7H2,1-3H3,(H,15,17,20)/t9-,14-/m0/s1. The van der Waals surface area contributed by atoms with Crippen molar-refractivity contribution in [3.8, 4) is 0 Å². The fourth-order valence-corrected chi connectivity index (χ4v) is 5.33. The maximum absolute atomic E-state index is 12.5. The number of nitrogens with one attached hydrogen (secondary N) is 1. The van der Waals surface area contributed by atoms with Gasteiger partial charge >= 0.3 is 0 Å². The van der Waals surface area contributed by atoms with Crippen molar-refractivity contribution in [3.05, 3.63) is 5.01 Å². The van der Waals surface area contributed by atoms with E-state index in [1.54, 1.807) is 16.7 Å². The van der Waals surface area contributed by atoms with Crippen molar-refractivity contribution in [3.63, 3.8) is 0 Å². The van der Waals surface area contributed by atoms with E-state index in [4.69, 9.17) is 0 Å². The summed E-state index contributed by atoms with van der Waals surface area (Å²) in [5.74, 6) is 1.07. The average molecular weight is 340 g/mol. The molecular weight excluding hydrogens is 320 g/mol. The molecule has 0 aromatic carbocycles. The molecule has 0 radical (unpaired) electrons. The molecule has 1 aromatic rings. The van der Waals surface area contributed by atoms with Crippen LogP contribution in [0.4, 0.5) is 5.13 Å². The molecule has 0 aliphatic carbocycles. The Balaban J connectivity index is 1.67. The van der Waals surface area contributed by atoms with E-state index in [1.165, 1.54) is 11.3 Å². The number of aromatic nitrogens is 2. The van der Waals surface area contributed by atoms with Gasteiger partial charge in [0, 0.05) is 18.6 Å². The van der Waals surface area contributed by atoms with Crippen LogP contribution in [-0.2, 0) is 16.0 Å². The van der Waals surface area contributed by atoms with Gasteiger partial charge in [0.05, 0.1) is 4.87 Å². The van der Waals surface area contributed by atoms with Crippen LogP contribution in [0.5, 0.6) is 0 Å². The third-order valence-electron chi connectivity index (χ3n) is 4.03. The maximum atomic E-state index is 12.5. The molecule has 0 saturated carbocycles. The topological polar surface area (TPSA) is 75.2 Å². The Bertz CT molecular complexity index is 603. The van der Waals surface area contributed by atoms with E-state index < -0.39 is 6.04 Å². The molecule has 22 heavy (non-hydrogen) atoms. The molecule has 8 heteroatoms. The molecular formula is C14H20N4O2S2. The number of fused-ring (bicyclic) bond motifs is 1. The number of hydrogen-bond donors (Lipinski definition) is 1. The van der Waals surface area contributed by atoms with Gasteiger partial charge in [0.2, 0.25) is 16.9 Å². The lowest BCUT2D eigenvalue weighted by molar-refractivity contribution is -0.135. The van der Waals surface area contributed by atoms with Crippen molar-refractivity contribution < 1.29 is 9.59 Å². The van der Waals surface area contributed by atoms with Gasteiger partial charge in [-0.05, 0) is 19.3 Å². The summed E-state index contributed by atoms with van der Waals surface area (Å²) in [7, 11) is 0. The number of rotatable bonds is 4. The zero-order valence-corrected chi connectivity index (χ0v) is 14.6. The molecule has 2 aliphatic heterocycles. The van der Waals surface area contributed by atoms with Gasteiger partial charge in [-0.25, -0.2) is 0 Å². The Morgan fingerprint density at radius 1 is 1.50 bits per heavy atom. The van der Waals surface area contributed by atoms with Crippen LogP contribution in [0.1, 0.15) is 38.6 Å². The van der Waals surface area contributed by atoms with E-state index in [0.29, 0.717) is 23.2 Å². The quantitative estimate of drug-likeness (QED) is 0.909. The molecule has 0 spiro atoms. The van der Waals surface area contributed by atoms with E-state index >= 15 is 0 Å². The van der Waals surface area contributed by atoms with Crippen LogP contribution in [0.3, 0.4) is 0 Å². The molecule has 2 saturated heterocycles. The number of carbonyl (C=O) groups is 2. The van der Waals surface area contributed by atoms with Crippen LogP contribution in [0.2, 0.25) is 0 Å². The molecule has 2 aliphatic rings. The first-order chi connectivity index (χ1) is 10.4. The number of thioether (sulfide) groups is 1. The highest BCUT2D eigenvalue weighted by molar-refractivity contribution is 8.01. The Morgan fingerprint density at radius 3 is 3.00 bits per heavy atom. The molecule has 120 valence electrons. The Hall–Kier alpha value is -1.15. The third-order valence-corrected chi connectivity index (χ3v) is 6.39. The van der Waals surface area contributed by atoms with Crippen molar-refractivity contribution in [1.29, 1.82) is 0 Å². The van der Waals surface area contributed by atoms with E-state index in [9.17, 15) is 9.59 Å².